The molecule has 0 bridgehead atoms. The van der Waals surface area contributed by atoms with Gasteiger partial charge in [0.1, 0.15) is 4.21 Å². The Hall–Kier alpha value is -0.430. The highest BCUT2D eigenvalue weighted by molar-refractivity contribution is 7.91. The Morgan fingerprint density at radius 1 is 1.50 bits per heavy atom. The van der Waals surface area contributed by atoms with E-state index in [9.17, 15) is 8.42 Å². The second-order valence-corrected chi connectivity index (χ2v) is 7.80. The summed E-state index contributed by atoms with van der Waals surface area (Å²) in [5.74, 6) is 0. The highest BCUT2D eigenvalue weighted by Gasteiger charge is 2.34. The minimum absolute atomic E-state index is 0.0568. The minimum Gasteiger partial charge on any atom is -0.396 e. The van der Waals surface area contributed by atoms with Gasteiger partial charge in [-0.3, -0.25) is 0 Å². The first-order valence-electron chi connectivity index (χ1n) is 6.31. The molecule has 0 spiro atoms. The molecule has 4 nitrogen and oxygen atoms in total. The standard InChI is InChI=1S/C12H19NO3S2/c1-2-10-4-3-8-13(10)18(15,16)12-6-5-11(17-12)7-9-14/h5-6,10,14H,2-4,7-9H2,1H3. The molecule has 0 amide bonds. The number of sulfonamides is 1. The molecular formula is C12H19NO3S2. The van der Waals surface area contributed by atoms with E-state index in [1.165, 1.54) is 11.3 Å². The van der Waals surface area contributed by atoms with Gasteiger partial charge in [0.2, 0.25) is 0 Å². The summed E-state index contributed by atoms with van der Waals surface area (Å²) < 4.78 is 27.0. The van der Waals surface area contributed by atoms with E-state index in [4.69, 9.17) is 5.11 Å². The maximum atomic E-state index is 12.5. The van der Waals surface area contributed by atoms with E-state index in [1.807, 2.05) is 6.92 Å². The van der Waals surface area contributed by atoms with Crippen molar-refractivity contribution >= 4 is 21.4 Å². The molecule has 18 heavy (non-hydrogen) atoms. The lowest BCUT2D eigenvalue weighted by Gasteiger charge is -2.21. The molecule has 102 valence electrons. The van der Waals surface area contributed by atoms with Crippen molar-refractivity contribution in [3.8, 4) is 0 Å². The van der Waals surface area contributed by atoms with Crippen molar-refractivity contribution < 1.29 is 13.5 Å². The number of rotatable bonds is 5. The summed E-state index contributed by atoms with van der Waals surface area (Å²) in [6, 6.07) is 3.61. The zero-order valence-electron chi connectivity index (χ0n) is 10.5. The highest BCUT2D eigenvalue weighted by Crippen LogP contribution is 2.31. The lowest BCUT2D eigenvalue weighted by Crippen LogP contribution is -2.34. The molecule has 2 heterocycles. The Morgan fingerprint density at radius 2 is 2.28 bits per heavy atom. The molecule has 1 aromatic heterocycles. The smallest absolute Gasteiger partial charge is 0.252 e. The second kappa shape index (κ2) is 5.69. The van der Waals surface area contributed by atoms with Gasteiger partial charge in [-0.25, -0.2) is 8.42 Å². The lowest BCUT2D eigenvalue weighted by atomic mass is 10.2. The van der Waals surface area contributed by atoms with Crippen molar-refractivity contribution in [3.63, 3.8) is 0 Å². The molecule has 1 aliphatic rings. The highest BCUT2D eigenvalue weighted by atomic mass is 32.2. The average molecular weight is 289 g/mol. The van der Waals surface area contributed by atoms with Crippen LogP contribution in [0.4, 0.5) is 0 Å². The molecule has 0 aliphatic carbocycles. The van der Waals surface area contributed by atoms with Gasteiger partial charge in [0, 0.05) is 30.5 Å². The van der Waals surface area contributed by atoms with Crippen LogP contribution in [0.15, 0.2) is 16.3 Å². The predicted molar refractivity (Wildman–Crippen MR) is 72.3 cm³/mol. The van der Waals surface area contributed by atoms with Crippen LogP contribution in [0.1, 0.15) is 31.1 Å². The molecule has 1 aliphatic heterocycles. The molecule has 1 fully saturated rings. The monoisotopic (exact) mass is 289 g/mol. The molecule has 1 atom stereocenters. The molecule has 6 heteroatoms. The quantitative estimate of drug-likeness (QED) is 0.900. The number of nitrogens with zero attached hydrogens (tertiary/aromatic N) is 1. The van der Waals surface area contributed by atoms with E-state index in [2.05, 4.69) is 0 Å². The van der Waals surface area contributed by atoms with Gasteiger partial charge in [0.05, 0.1) is 0 Å². The lowest BCUT2D eigenvalue weighted by molar-refractivity contribution is 0.300. The van der Waals surface area contributed by atoms with Crippen molar-refractivity contribution in [2.45, 2.75) is 42.9 Å². The second-order valence-electron chi connectivity index (χ2n) is 4.51. The number of thiophene rings is 1. The molecule has 1 N–H and O–H groups in total. The van der Waals surface area contributed by atoms with Crippen LogP contribution in [-0.2, 0) is 16.4 Å². The van der Waals surface area contributed by atoms with Gasteiger partial charge < -0.3 is 5.11 Å². The minimum atomic E-state index is -3.33. The van der Waals surface area contributed by atoms with Gasteiger partial charge in [-0.05, 0) is 31.4 Å². The van der Waals surface area contributed by atoms with E-state index in [0.717, 1.165) is 24.1 Å². The first-order valence-corrected chi connectivity index (χ1v) is 8.56. The average Bonchev–Trinajstić information content (AvgIpc) is 2.97. The van der Waals surface area contributed by atoms with Crippen LogP contribution in [0, 0.1) is 0 Å². The summed E-state index contributed by atoms with van der Waals surface area (Å²) >= 11 is 1.27. The summed E-state index contributed by atoms with van der Waals surface area (Å²) in [5, 5.41) is 8.87. The van der Waals surface area contributed by atoms with E-state index in [-0.39, 0.29) is 12.6 Å². The number of aliphatic hydroxyl groups excluding tert-OH is 1. The Bertz CT molecular complexity index is 495. The maximum absolute atomic E-state index is 12.5. The van der Waals surface area contributed by atoms with E-state index >= 15 is 0 Å². The fourth-order valence-electron chi connectivity index (χ4n) is 2.39. The molecule has 1 saturated heterocycles. The zero-order valence-corrected chi connectivity index (χ0v) is 12.1. The Kier molecular flexibility index (Phi) is 4.42. The van der Waals surface area contributed by atoms with Crippen molar-refractivity contribution in [2.75, 3.05) is 13.2 Å². The summed E-state index contributed by atoms with van der Waals surface area (Å²) in [6.45, 7) is 2.72. The van der Waals surface area contributed by atoms with Gasteiger partial charge in [0.15, 0.2) is 0 Å². The summed E-state index contributed by atoms with van der Waals surface area (Å²) in [7, 11) is -3.33. The van der Waals surface area contributed by atoms with Crippen LogP contribution in [0.3, 0.4) is 0 Å². The third-order valence-corrected chi connectivity index (χ3v) is 6.92. The summed E-state index contributed by atoms with van der Waals surface area (Å²) in [4.78, 5) is 0.920. The van der Waals surface area contributed by atoms with Crippen molar-refractivity contribution in [1.29, 1.82) is 0 Å². The van der Waals surface area contributed by atoms with Gasteiger partial charge >= 0.3 is 0 Å². The molecule has 1 aromatic rings. The van der Waals surface area contributed by atoms with E-state index in [1.54, 1.807) is 16.4 Å². The molecule has 0 aromatic carbocycles. The van der Waals surface area contributed by atoms with Crippen LogP contribution < -0.4 is 0 Å². The van der Waals surface area contributed by atoms with Crippen molar-refractivity contribution in [1.82, 2.24) is 4.31 Å². The van der Waals surface area contributed by atoms with Gasteiger partial charge in [-0.15, -0.1) is 11.3 Å². The van der Waals surface area contributed by atoms with Crippen molar-refractivity contribution in [2.24, 2.45) is 0 Å². The van der Waals surface area contributed by atoms with Crippen LogP contribution in [-0.4, -0.2) is 37.0 Å². The fraction of sp³-hybridized carbons (Fsp3) is 0.667. The largest absolute Gasteiger partial charge is 0.396 e. The van der Waals surface area contributed by atoms with Crippen LogP contribution in [0.5, 0.6) is 0 Å². The van der Waals surface area contributed by atoms with Crippen molar-refractivity contribution in [3.05, 3.63) is 17.0 Å². The Labute approximate surface area is 112 Å². The third kappa shape index (κ3) is 2.61. The predicted octanol–water partition coefficient (Wildman–Crippen LogP) is 1.85. The van der Waals surface area contributed by atoms with Gasteiger partial charge in [-0.1, -0.05) is 6.92 Å². The normalized spacial score (nSPS) is 21.6. The first-order chi connectivity index (χ1) is 8.59. The summed E-state index contributed by atoms with van der Waals surface area (Å²) in [6.07, 6.45) is 3.31. The SMILES string of the molecule is CCC1CCCN1S(=O)(=O)c1ccc(CCO)s1. The van der Waals surface area contributed by atoms with E-state index in [0.29, 0.717) is 17.2 Å². The fourth-order valence-corrected chi connectivity index (χ4v) is 5.63. The topological polar surface area (TPSA) is 57.6 Å². The number of hydrogen-bond acceptors (Lipinski definition) is 4. The molecular weight excluding hydrogens is 270 g/mol. The van der Waals surface area contributed by atoms with Crippen LogP contribution >= 0.6 is 11.3 Å². The third-order valence-electron chi connectivity index (χ3n) is 3.35. The van der Waals surface area contributed by atoms with E-state index < -0.39 is 10.0 Å². The Balaban J connectivity index is 2.24. The Morgan fingerprint density at radius 3 is 2.94 bits per heavy atom. The van der Waals surface area contributed by atoms with Gasteiger partial charge in [0.25, 0.3) is 10.0 Å². The number of aliphatic hydroxyl groups is 1. The maximum Gasteiger partial charge on any atom is 0.252 e. The van der Waals surface area contributed by atoms with Crippen LogP contribution in [0.2, 0.25) is 0 Å². The van der Waals surface area contributed by atoms with Gasteiger partial charge in [-0.2, -0.15) is 4.31 Å². The van der Waals surface area contributed by atoms with Crippen LogP contribution in [0.25, 0.3) is 0 Å². The molecule has 2 rings (SSSR count). The summed E-state index contributed by atoms with van der Waals surface area (Å²) in [5.41, 5.74) is 0. The first kappa shape index (κ1) is 14.0. The molecule has 0 saturated carbocycles. The number of hydrogen-bond donors (Lipinski definition) is 1. The molecule has 0 radical (unpaired) electrons. The zero-order chi connectivity index (χ0) is 13.2. The molecule has 1 unspecified atom stereocenters.